The second-order valence-electron chi connectivity index (χ2n) is 4.74. The third-order valence-corrected chi connectivity index (χ3v) is 3.25. The fourth-order valence-electron chi connectivity index (χ4n) is 2.16. The number of amides is 2. The third-order valence-electron chi connectivity index (χ3n) is 3.25. The van der Waals surface area contributed by atoms with Crippen molar-refractivity contribution in [2.75, 3.05) is 4.90 Å². The van der Waals surface area contributed by atoms with Crippen molar-refractivity contribution in [1.29, 1.82) is 0 Å². The predicted octanol–water partition coefficient (Wildman–Crippen LogP) is 1.21. The Balaban J connectivity index is 1.80. The van der Waals surface area contributed by atoms with Gasteiger partial charge in [-0.1, -0.05) is 0 Å². The van der Waals surface area contributed by atoms with Crippen LogP contribution < -0.4 is 10.2 Å². The number of hydrogen-bond acceptors (Lipinski definition) is 3. The molecule has 0 radical (unpaired) electrons. The molecule has 94 valence electrons. The lowest BCUT2D eigenvalue weighted by Crippen LogP contribution is -2.39. The normalized spacial score (nSPS) is 23.8. The van der Waals surface area contributed by atoms with Crippen LogP contribution in [0, 0.1) is 5.82 Å². The first-order chi connectivity index (χ1) is 8.65. The van der Waals surface area contributed by atoms with Gasteiger partial charge in [0.1, 0.15) is 5.82 Å². The van der Waals surface area contributed by atoms with Gasteiger partial charge in [-0.15, -0.1) is 0 Å². The quantitative estimate of drug-likeness (QED) is 0.818. The minimum Gasteiger partial charge on any atom is -0.303 e. The zero-order valence-corrected chi connectivity index (χ0v) is 9.73. The summed E-state index contributed by atoms with van der Waals surface area (Å²) in [6, 6.07) is 5.35. The van der Waals surface area contributed by atoms with Gasteiger partial charge in [-0.25, -0.2) is 9.29 Å². The summed E-state index contributed by atoms with van der Waals surface area (Å²) in [4.78, 5) is 25.1. The first kappa shape index (κ1) is 11.3. The maximum absolute atomic E-state index is 12.8. The largest absolute Gasteiger partial charge is 0.303 e. The molecule has 1 aromatic carbocycles. The number of imide groups is 1. The molecule has 1 heterocycles. The van der Waals surface area contributed by atoms with Gasteiger partial charge in [-0.3, -0.25) is 9.59 Å². The van der Waals surface area contributed by atoms with Gasteiger partial charge in [-0.2, -0.15) is 0 Å². The molecule has 2 amide bonds. The van der Waals surface area contributed by atoms with Crippen LogP contribution >= 0.6 is 0 Å². The van der Waals surface area contributed by atoms with Crippen LogP contribution in [0.3, 0.4) is 0 Å². The van der Waals surface area contributed by atoms with E-state index >= 15 is 0 Å². The zero-order chi connectivity index (χ0) is 12.7. The maximum Gasteiger partial charge on any atom is 0.251 e. The molecule has 0 spiro atoms. The molecule has 2 fully saturated rings. The molecule has 1 aromatic rings. The summed E-state index contributed by atoms with van der Waals surface area (Å²) in [5.74, 6) is -0.853. The minimum absolute atomic E-state index is 0.187. The molecule has 0 bridgehead atoms. The third kappa shape index (κ3) is 2.01. The van der Waals surface area contributed by atoms with E-state index in [9.17, 15) is 14.0 Å². The lowest BCUT2D eigenvalue weighted by molar-refractivity contribution is -0.121. The van der Waals surface area contributed by atoms with Gasteiger partial charge in [0.05, 0.1) is 18.2 Å². The second kappa shape index (κ2) is 4.17. The van der Waals surface area contributed by atoms with E-state index in [1.165, 1.54) is 24.3 Å². The van der Waals surface area contributed by atoms with Crippen LogP contribution in [0.25, 0.3) is 0 Å². The van der Waals surface area contributed by atoms with Gasteiger partial charge < -0.3 is 5.32 Å². The number of carbonyl (C=O) groups is 2. The number of rotatable bonds is 3. The SMILES string of the molecule is O=C1C[C@@H](NC2CC2)C(=O)N1c1ccc(F)cc1. The molecule has 1 aliphatic carbocycles. The van der Waals surface area contributed by atoms with Crippen molar-refractivity contribution in [2.24, 2.45) is 0 Å². The summed E-state index contributed by atoms with van der Waals surface area (Å²) in [6.45, 7) is 0. The Morgan fingerprint density at radius 2 is 1.83 bits per heavy atom. The van der Waals surface area contributed by atoms with E-state index in [1.807, 2.05) is 0 Å². The van der Waals surface area contributed by atoms with Crippen LogP contribution in [-0.4, -0.2) is 23.9 Å². The molecule has 2 aliphatic rings. The number of hydrogen-bond donors (Lipinski definition) is 1. The molecule has 1 aliphatic heterocycles. The Kier molecular flexibility index (Phi) is 2.63. The summed E-state index contributed by atoms with van der Waals surface area (Å²) >= 11 is 0. The highest BCUT2D eigenvalue weighted by Crippen LogP contribution is 2.26. The van der Waals surface area contributed by atoms with E-state index in [0.717, 1.165) is 17.7 Å². The molecular formula is C13H13FN2O2. The molecule has 1 atom stereocenters. The molecule has 0 aromatic heterocycles. The average Bonchev–Trinajstić information content (AvgIpc) is 3.10. The summed E-state index contributed by atoms with van der Waals surface area (Å²) in [5, 5.41) is 3.16. The van der Waals surface area contributed by atoms with E-state index in [2.05, 4.69) is 5.32 Å². The van der Waals surface area contributed by atoms with Gasteiger partial charge in [-0.05, 0) is 37.1 Å². The fourth-order valence-corrected chi connectivity index (χ4v) is 2.16. The first-order valence-corrected chi connectivity index (χ1v) is 6.03. The van der Waals surface area contributed by atoms with E-state index < -0.39 is 6.04 Å². The molecule has 5 heteroatoms. The molecule has 0 unspecified atom stereocenters. The second-order valence-corrected chi connectivity index (χ2v) is 4.74. The number of carbonyl (C=O) groups excluding carboxylic acids is 2. The van der Waals surface area contributed by atoms with Crippen molar-refractivity contribution < 1.29 is 14.0 Å². The smallest absolute Gasteiger partial charge is 0.251 e. The van der Waals surface area contributed by atoms with Crippen LogP contribution in [0.15, 0.2) is 24.3 Å². The number of benzene rings is 1. The molecule has 4 nitrogen and oxygen atoms in total. The molecular weight excluding hydrogens is 235 g/mol. The van der Waals surface area contributed by atoms with Crippen molar-refractivity contribution in [3.05, 3.63) is 30.1 Å². The van der Waals surface area contributed by atoms with E-state index in [-0.39, 0.29) is 24.1 Å². The Labute approximate surface area is 104 Å². The number of halogens is 1. The highest BCUT2D eigenvalue weighted by Gasteiger charge is 2.41. The average molecular weight is 248 g/mol. The van der Waals surface area contributed by atoms with E-state index in [4.69, 9.17) is 0 Å². The summed E-state index contributed by atoms with van der Waals surface area (Å²) in [5.41, 5.74) is 0.437. The van der Waals surface area contributed by atoms with E-state index in [0.29, 0.717) is 11.7 Å². The Morgan fingerprint density at radius 1 is 1.17 bits per heavy atom. The van der Waals surface area contributed by atoms with Crippen LogP contribution in [0.1, 0.15) is 19.3 Å². The Bertz CT molecular complexity index is 496. The van der Waals surface area contributed by atoms with Crippen molar-refractivity contribution in [3.8, 4) is 0 Å². The van der Waals surface area contributed by atoms with Crippen molar-refractivity contribution in [2.45, 2.75) is 31.3 Å². The van der Waals surface area contributed by atoms with Crippen LogP contribution in [-0.2, 0) is 9.59 Å². The van der Waals surface area contributed by atoms with Gasteiger partial charge in [0.2, 0.25) is 5.91 Å². The lowest BCUT2D eigenvalue weighted by atomic mass is 10.2. The fraction of sp³-hybridized carbons (Fsp3) is 0.385. The number of nitrogens with zero attached hydrogens (tertiary/aromatic N) is 1. The van der Waals surface area contributed by atoms with Crippen LogP contribution in [0.4, 0.5) is 10.1 Å². The lowest BCUT2D eigenvalue weighted by Gasteiger charge is -2.15. The first-order valence-electron chi connectivity index (χ1n) is 6.03. The van der Waals surface area contributed by atoms with Crippen molar-refractivity contribution >= 4 is 17.5 Å². The van der Waals surface area contributed by atoms with Crippen molar-refractivity contribution in [3.63, 3.8) is 0 Å². The zero-order valence-electron chi connectivity index (χ0n) is 9.73. The van der Waals surface area contributed by atoms with Crippen LogP contribution in [0.2, 0.25) is 0 Å². The minimum atomic E-state index is -0.421. The molecule has 18 heavy (non-hydrogen) atoms. The molecule has 1 N–H and O–H groups in total. The predicted molar refractivity (Wildman–Crippen MR) is 63.5 cm³/mol. The number of anilines is 1. The van der Waals surface area contributed by atoms with E-state index in [1.54, 1.807) is 0 Å². The highest BCUT2D eigenvalue weighted by molar-refractivity contribution is 6.22. The maximum atomic E-state index is 12.8. The number of nitrogens with one attached hydrogen (secondary N) is 1. The summed E-state index contributed by atoms with van der Waals surface area (Å²) in [7, 11) is 0. The Morgan fingerprint density at radius 3 is 2.44 bits per heavy atom. The monoisotopic (exact) mass is 248 g/mol. The molecule has 1 saturated carbocycles. The molecule has 3 rings (SSSR count). The topological polar surface area (TPSA) is 49.4 Å². The van der Waals surface area contributed by atoms with Gasteiger partial charge >= 0.3 is 0 Å². The molecule has 1 saturated heterocycles. The Hall–Kier alpha value is -1.75. The van der Waals surface area contributed by atoms with Gasteiger partial charge in [0.25, 0.3) is 5.91 Å². The van der Waals surface area contributed by atoms with Gasteiger partial charge in [0, 0.05) is 6.04 Å². The standard InChI is InChI=1S/C13H13FN2O2/c14-8-1-5-10(6-2-8)16-12(17)7-11(13(16)18)15-9-3-4-9/h1-2,5-6,9,11,15H,3-4,7H2/t11-/m1/s1. The van der Waals surface area contributed by atoms with Crippen LogP contribution in [0.5, 0.6) is 0 Å². The van der Waals surface area contributed by atoms with Gasteiger partial charge in [0.15, 0.2) is 0 Å². The van der Waals surface area contributed by atoms with Crippen molar-refractivity contribution in [1.82, 2.24) is 5.32 Å². The highest BCUT2D eigenvalue weighted by atomic mass is 19.1. The summed E-state index contributed by atoms with van der Waals surface area (Å²) in [6.07, 6.45) is 2.32. The summed E-state index contributed by atoms with van der Waals surface area (Å²) < 4.78 is 12.8.